The molecule has 5 nitrogen and oxygen atoms in total. The molecule has 0 heterocycles. The van der Waals surface area contributed by atoms with Crippen LogP contribution in [-0.4, -0.2) is 38.5 Å². The van der Waals surface area contributed by atoms with E-state index in [1.165, 1.54) is 6.07 Å². The van der Waals surface area contributed by atoms with E-state index < -0.39 is 5.82 Å². The van der Waals surface area contributed by atoms with E-state index in [4.69, 9.17) is 26.2 Å². The van der Waals surface area contributed by atoms with E-state index >= 15 is 0 Å². The fourth-order valence-corrected chi connectivity index (χ4v) is 3.09. The fourth-order valence-electron chi connectivity index (χ4n) is 2.41. The van der Waals surface area contributed by atoms with Gasteiger partial charge in [0.15, 0.2) is 11.5 Å². The Hall–Kier alpha value is -1.38. The highest BCUT2D eigenvalue weighted by Crippen LogP contribution is 2.34. The van der Waals surface area contributed by atoms with Gasteiger partial charge in [0.2, 0.25) is 0 Å². The lowest BCUT2D eigenvalue weighted by Gasteiger charge is -2.15. The van der Waals surface area contributed by atoms with E-state index in [2.05, 4.69) is 26.6 Å². The summed E-state index contributed by atoms with van der Waals surface area (Å²) in [7, 11) is 1.56. The standard InChI is InChI=1S/C19H23BrClFN2O3/c1-26-18-9-13(11-24-6-5-23-7-8-25)15(20)10-19(18)27-12-14-16(21)3-2-4-17(14)22/h2-4,9-10,23-25H,5-8,11-12H2,1H3. The summed E-state index contributed by atoms with van der Waals surface area (Å²) in [6.07, 6.45) is 0. The number of hydrogen-bond donors (Lipinski definition) is 3. The van der Waals surface area contributed by atoms with Crippen molar-refractivity contribution in [2.24, 2.45) is 0 Å². The Morgan fingerprint density at radius 1 is 1.15 bits per heavy atom. The lowest BCUT2D eigenvalue weighted by molar-refractivity contribution is 0.279. The number of halogens is 3. The number of aliphatic hydroxyl groups is 1. The lowest BCUT2D eigenvalue weighted by Crippen LogP contribution is -2.28. The van der Waals surface area contributed by atoms with Crippen LogP contribution >= 0.6 is 27.5 Å². The molecular weight excluding hydrogens is 439 g/mol. The summed E-state index contributed by atoms with van der Waals surface area (Å²) < 4.78 is 25.9. The van der Waals surface area contributed by atoms with Crippen LogP contribution in [0.15, 0.2) is 34.8 Å². The first-order valence-corrected chi connectivity index (χ1v) is 9.68. The van der Waals surface area contributed by atoms with Crippen molar-refractivity contribution in [1.29, 1.82) is 0 Å². The molecule has 2 aromatic rings. The summed E-state index contributed by atoms with van der Waals surface area (Å²) in [6.45, 7) is 2.87. The van der Waals surface area contributed by atoms with E-state index in [0.29, 0.717) is 35.2 Å². The molecule has 0 bridgehead atoms. The zero-order chi connectivity index (χ0) is 19.6. The van der Waals surface area contributed by atoms with Crippen LogP contribution in [0.2, 0.25) is 5.02 Å². The van der Waals surface area contributed by atoms with Gasteiger partial charge < -0.3 is 25.2 Å². The van der Waals surface area contributed by atoms with Gasteiger partial charge in [0.1, 0.15) is 12.4 Å². The molecule has 0 aliphatic heterocycles. The minimum Gasteiger partial charge on any atom is -0.493 e. The number of nitrogens with one attached hydrogen (secondary N) is 2. The number of benzene rings is 2. The molecule has 8 heteroatoms. The van der Waals surface area contributed by atoms with Gasteiger partial charge in [0.25, 0.3) is 0 Å². The maximum absolute atomic E-state index is 13.9. The molecule has 0 amide bonds. The van der Waals surface area contributed by atoms with E-state index in [-0.39, 0.29) is 13.2 Å². The minimum atomic E-state index is -0.406. The molecule has 0 aliphatic carbocycles. The first-order chi connectivity index (χ1) is 13.1. The third kappa shape index (κ3) is 6.62. The molecule has 0 saturated carbocycles. The predicted molar refractivity (Wildman–Crippen MR) is 108 cm³/mol. The summed E-state index contributed by atoms with van der Waals surface area (Å²) in [5.41, 5.74) is 1.31. The summed E-state index contributed by atoms with van der Waals surface area (Å²) in [6, 6.07) is 8.20. The summed E-state index contributed by atoms with van der Waals surface area (Å²) in [5.74, 6) is 0.647. The van der Waals surface area contributed by atoms with Crippen molar-refractivity contribution < 1.29 is 19.0 Å². The third-order valence-electron chi connectivity index (χ3n) is 3.85. The van der Waals surface area contributed by atoms with Gasteiger partial charge in [-0.1, -0.05) is 33.6 Å². The number of methoxy groups -OCH3 is 1. The highest BCUT2D eigenvalue weighted by atomic mass is 79.9. The van der Waals surface area contributed by atoms with Crippen molar-refractivity contribution in [3.05, 3.63) is 56.8 Å². The number of hydrogen-bond acceptors (Lipinski definition) is 5. The number of ether oxygens (including phenoxy) is 2. The van der Waals surface area contributed by atoms with Gasteiger partial charge in [-0.3, -0.25) is 0 Å². The lowest BCUT2D eigenvalue weighted by atomic mass is 10.2. The first kappa shape index (κ1) is 21.9. The first-order valence-electron chi connectivity index (χ1n) is 8.51. The van der Waals surface area contributed by atoms with Gasteiger partial charge in [-0.25, -0.2) is 4.39 Å². The molecule has 0 atom stereocenters. The van der Waals surface area contributed by atoms with Crippen molar-refractivity contribution in [3.8, 4) is 11.5 Å². The molecule has 0 radical (unpaired) electrons. The van der Waals surface area contributed by atoms with Crippen LogP contribution in [-0.2, 0) is 13.2 Å². The summed E-state index contributed by atoms with van der Waals surface area (Å²) >= 11 is 9.58. The van der Waals surface area contributed by atoms with Crippen LogP contribution in [0.5, 0.6) is 11.5 Å². The second-order valence-corrected chi connectivity index (χ2v) is 7.00. The molecule has 0 spiro atoms. The largest absolute Gasteiger partial charge is 0.493 e. The number of rotatable bonds is 11. The fraction of sp³-hybridized carbons (Fsp3) is 0.368. The van der Waals surface area contributed by atoms with E-state index in [1.54, 1.807) is 25.3 Å². The average Bonchev–Trinajstić information content (AvgIpc) is 2.65. The Bertz CT molecular complexity index is 729. The Balaban J connectivity index is 2.00. The van der Waals surface area contributed by atoms with Crippen LogP contribution in [0.1, 0.15) is 11.1 Å². The minimum absolute atomic E-state index is 0.00241. The number of aliphatic hydroxyl groups excluding tert-OH is 1. The van der Waals surface area contributed by atoms with Crippen LogP contribution in [0.4, 0.5) is 4.39 Å². The van der Waals surface area contributed by atoms with Gasteiger partial charge in [-0.15, -0.1) is 0 Å². The molecule has 2 aromatic carbocycles. The molecule has 0 fully saturated rings. The van der Waals surface area contributed by atoms with Crippen LogP contribution in [0, 0.1) is 5.82 Å². The van der Waals surface area contributed by atoms with E-state index in [1.807, 2.05) is 6.07 Å². The van der Waals surface area contributed by atoms with Crippen molar-refractivity contribution in [3.63, 3.8) is 0 Å². The van der Waals surface area contributed by atoms with Crippen LogP contribution in [0.25, 0.3) is 0 Å². The normalized spacial score (nSPS) is 10.9. The molecular formula is C19H23BrClFN2O3. The Kier molecular flexibility index (Phi) is 9.30. The zero-order valence-electron chi connectivity index (χ0n) is 15.0. The van der Waals surface area contributed by atoms with Gasteiger partial charge in [-0.05, 0) is 29.8 Å². The summed E-state index contributed by atoms with van der Waals surface area (Å²) in [4.78, 5) is 0. The zero-order valence-corrected chi connectivity index (χ0v) is 17.4. The topological polar surface area (TPSA) is 62.8 Å². The van der Waals surface area contributed by atoms with E-state index in [0.717, 1.165) is 23.1 Å². The van der Waals surface area contributed by atoms with Gasteiger partial charge in [0, 0.05) is 36.2 Å². The maximum atomic E-state index is 13.9. The molecule has 2 rings (SSSR count). The quantitative estimate of drug-likeness (QED) is 0.447. The highest BCUT2D eigenvalue weighted by molar-refractivity contribution is 9.10. The molecule has 0 aromatic heterocycles. The smallest absolute Gasteiger partial charge is 0.162 e. The molecule has 148 valence electrons. The SMILES string of the molecule is COc1cc(CNCCNCCO)c(Br)cc1OCc1c(F)cccc1Cl. The van der Waals surface area contributed by atoms with Crippen molar-refractivity contribution in [1.82, 2.24) is 10.6 Å². The van der Waals surface area contributed by atoms with Crippen LogP contribution in [0.3, 0.4) is 0 Å². The molecule has 27 heavy (non-hydrogen) atoms. The van der Waals surface area contributed by atoms with Gasteiger partial charge in [-0.2, -0.15) is 0 Å². The van der Waals surface area contributed by atoms with Gasteiger partial charge >= 0.3 is 0 Å². The molecule has 3 N–H and O–H groups in total. The van der Waals surface area contributed by atoms with E-state index in [9.17, 15) is 4.39 Å². The van der Waals surface area contributed by atoms with Crippen molar-refractivity contribution >= 4 is 27.5 Å². The molecule has 0 unspecified atom stereocenters. The predicted octanol–water partition coefficient (Wildman–Crippen LogP) is 3.50. The Morgan fingerprint density at radius 3 is 2.63 bits per heavy atom. The van der Waals surface area contributed by atoms with Crippen LogP contribution < -0.4 is 20.1 Å². The second kappa shape index (κ2) is 11.5. The average molecular weight is 462 g/mol. The summed E-state index contributed by atoms with van der Waals surface area (Å²) in [5, 5.41) is 15.5. The maximum Gasteiger partial charge on any atom is 0.162 e. The van der Waals surface area contributed by atoms with Crippen molar-refractivity contribution in [2.75, 3.05) is 33.4 Å². The second-order valence-electron chi connectivity index (χ2n) is 5.73. The molecule has 0 saturated heterocycles. The van der Waals surface area contributed by atoms with Crippen molar-refractivity contribution in [2.45, 2.75) is 13.2 Å². The van der Waals surface area contributed by atoms with Gasteiger partial charge in [0.05, 0.1) is 18.7 Å². The Labute approximate surface area is 172 Å². The highest BCUT2D eigenvalue weighted by Gasteiger charge is 2.13. The third-order valence-corrected chi connectivity index (χ3v) is 4.94. The monoisotopic (exact) mass is 460 g/mol. The molecule has 0 aliphatic rings. The Morgan fingerprint density at radius 2 is 1.93 bits per heavy atom.